The van der Waals surface area contributed by atoms with E-state index >= 15 is 0 Å². The van der Waals surface area contributed by atoms with E-state index < -0.39 is 10.7 Å². The van der Waals surface area contributed by atoms with Crippen molar-refractivity contribution in [1.82, 2.24) is 0 Å². The van der Waals surface area contributed by atoms with Crippen molar-refractivity contribution in [3.8, 4) is 0 Å². The van der Waals surface area contributed by atoms with Gasteiger partial charge in [-0.2, -0.15) is 0 Å². The Bertz CT molecular complexity index is 758. The molecule has 0 amide bonds. The number of benzene rings is 2. The molecule has 0 aromatic heterocycles. The summed E-state index contributed by atoms with van der Waals surface area (Å²) in [5, 5.41) is 16.5. The Morgan fingerprint density at radius 3 is 2.45 bits per heavy atom. The number of halogens is 3. The van der Waals surface area contributed by atoms with Gasteiger partial charge in [0, 0.05) is 17.8 Å². The van der Waals surface area contributed by atoms with E-state index in [4.69, 9.17) is 35.4 Å². The van der Waals surface area contributed by atoms with Gasteiger partial charge in [0.05, 0.1) is 20.7 Å². The van der Waals surface area contributed by atoms with Gasteiger partial charge < -0.3 is 10.6 Å². The van der Waals surface area contributed by atoms with Gasteiger partial charge in [0.25, 0.3) is 5.69 Å². The molecule has 9 heteroatoms. The first-order valence-electron chi connectivity index (χ1n) is 5.84. The number of hydrogen-bond donors (Lipinski definition) is 2. The van der Waals surface area contributed by atoms with Gasteiger partial charge in [-0.3, -0.25) is 10.1 Å². The van der Waals surface area contributed by atoms with Gasteiger partial charge in [0.2, 0.25) is 0 Å². The SMILES string of the molecule is O=[N+]([O-])c1ccc(NC(=S)Nc2ccc(F)c(Cl)c2)c(Cl)c1. The second-order valence-electron chi connectivity index (χ2n) is 4.13. The first-order valence-corrected chi connectivity index (χ1v) is 7.00. The van der Waals surface area contributed by atoms with Crippen LogP contribution in [0.1, 0.15) is 0 Å². The van der Waals surface area contributed by atoms with E-state index in [2.05, 4.69) is 10.6 Å². The average Bonchev–Trinajstić information content (AvgIpc) is 2.45. The van der Waals surface area contributed by atoms with Crippen molar-refractivity contribution < 1.29 is 9.31 Å². The number of thiocarbonyl (C=S) groups is 1. The number of nitro groups is 1. The zero-order chi connectivity index (χ0) is 16.3. The summed E-state index contributed by atoms with van der Waals surface area (Å²) in [5.41, 5.74) is 0.764. The zero-order valence-corrected chi connectivity index (χ0v) is 13.1. The standard InChI is InChI=1S/C13H8Cl2FN3O2S/c14-9-5-7(1-3-11(9)16)17-13(22)18-12-4-2-8(19(20)21)6-10(12)15/h1-6H,(H2,17,18,22). The van der Waals surface area contributed by atoms with Crippen LogP contribution < -0.4 is 10.6 Å². The van der Waals surface area contributed by atoms with E-state index in [-0.39, 0.29) is 20.8 Å². The van der Waals surface area contributed by atoms with Crippen LogP contribution >= 0.6 is 35.4 Å². The van der Waals surface area contributed by atoms with Crippen LogP contribution in [0.15, 0.2) is 36.4 Å². The third-order valence-electron chi connectivity index (χ3n) is 2.59. The van der Waals surface area contributed by atoms with Crippen molar-refractivity contribution in [3.05, 3.63) is 62.4 Å². The number of non-ortho nitro benzene ring substituents is 1. The van der Waals surface area contributed by atoms with E-state index in [0.29, 0.717) is 11.4 Å². The van der Waals surface area contributed by atoms with E-state index in [9.17, 15) is 14.5 Å². The van der Waals surface area contributed by atoms with Gasteiger partial charge in [-0.25, -0.2) is 4.39 Å². The lowest BCUT2D eigenvalue weighted by Gasteiger charge is -2.12. The molecule has 0 aliphatic carbocycles. The highest BCUT2D eigenvalue weighted by Gasteiger charge is 2.10. The molecular weight excluding hydrogens is 352 g/mol. The Labute approximate surface area is 140 Å². The van der Waals surface area contributed by atoms with Crippen molar-refractivity contribution >= 4 is 57.6 Å². The minimum absolute atomic E-state index is 0.0406. The van der Waals surface area contributed by atoms with Crippen LogP contribution in [0.25, 0.3) is 0 Å². The van der Waals surface area contributed by atoms with Crippen molar-refractivity contribution in [2.75, 3.05) is 10.6 Å². The molecule has 0 aliphatic rings. The monoisotopic (exact) mass is 359 g/mol. The molecule has 22 heavy (non-hydrogen) atoms. The lowest BCUT2D eigenvalue weighted by atomic mass is 10.3. The normalized spacial score (nSPS) is 10.1. The summed E-state index contributed by atoms with van der Waals surface area (Å²) in [5.74, 6) is -0.537. The van der Waals surface area contributed by atoms with Gasteiger partial charge in [-0.05, 0) is 36.5 Å². The van der Waals surface area contributed by atoms with Crippen molar-refractivity contribution in [2.24, 2.45) is 0 Å². The quantitative estimate of drug-likeness (QED) is 0.465. The van der Waals surface area contributed by atoms with Crippen LogP contribution in [0.5, 0.6) is 0 Å². The molecule has 2 aromatic rings. The van der Waals surface area contributed by atoms with Crippen molar-refractivity contribution in [1.29, 1.82) is 0 Å². The Balaban J connectivity index is 2.08. The maximum atomic E-state index is 13.1. The summed E-state index contributed by atoms with van der Waals surface area (Å²) < 4.78 is 13.1. The van der Waals surface area contributed by atoms with Crippen LogP contribution in [0.4, 0.5) is 21.5 Å². The second-order valence-corrected chi connectivity index (χ2v) is 5.35. The average molecular weight is 360 g/mol. The maximum absolute atomic E-state index is 13.1. The van der Waals surface area contributed by atoms with E-state index in [1.807, 2.05) is 0 Å². The molecule has 2 N–H and O–H groups in total. The highest BCUT2D eigenvalue weighted by molar-refractivity contribution is 7.80. The molecule has 114 valence electrons. The molecule has 0 radical (unpaired) electrons. The van der Waals surface area contributed by atoms with Crippen LogP contribution in [-0.2, 0) is 0 Å². The molecule has 0 fully saturated rings. The number of nitro benzene ring substituents is 1. The molecule has 0 aliphatic heterocycles. The van der Waals surface area contributed by atoms with E-state index in [1.54, 1.807) is 0 Å². The van der Waals surface area contributed by atoms with Crippen LogP contribution in [0, 0.1) is 15.9 Å². The van der Waals surface area contributed by atoms with Gasteiger partial charge in [-0.15, -0.1) is 0 Å². The predicted molar refractivity (Wildman–Crippen MR) is 89.4 cm³/mol. The smallest absolute Gasteiger partial charge is 0.271 e. The van der Waals surface area contributed by atoms with Crippen molar-refractivity contribution in [2.45, 2.75) is 0 Å². The summed E-state index contributed by atoms with van der Waals surface area (Å²) in [7, 11) is 0. The highest BCUT2D eigenvalue weighted by atomic mass is 35.5. The van der Waals surface area contributed by atoms with Gasteiger partial charge in [0.1, 0.15) is 5.82 Å². The maximum Gasteiger partial charge on any atom is 0.271 e. The van der Waals surface area contributed by atoms with E-state index in [0.717, 1.165) is 0 Å². The fraction of sp³-hybridized carbons (Fsp3) is 0. The topological polar surface area (TPSA) is 67.2 Å². The number of rotatable bonds is 3. The highest BCUT2D eigenvalue weighted by Crippen LogP contribution is 2.27. The van der Waals surface area contributed by atoms with Crippen LogP contribution in [0.3, 0.4) is 0 Å². The fourth-order valence-electron chi connectivity index (χ4n) is 1.58. The minimum Gasteiger partial charge on any atom is -0.332 e. The Morgan fingerprint density at radius 1 is 1.14 bits per heavy atom. The Kier molecular flexibility index (Phi) is 5.12. The molecule has 0 spiro atoms. The predicted octanol–water partition coefficient (Wildman–Crippen LogP) is 4.85. The van der Waals surface area contributed by atoms with Crippen LogP contribution in [-0.4, -0.2) is 10.0 Å². The summed E-state index contributed by atoms with van der Waals surface area (Å²) in [4.78, 5) is 10.1. The first-order chi connectivity index (χ1) is 10.4. The summed E-state index contributed by atoms with van der Waals surface area (Å²) in [6, 6.07) is 7.99. The molecule has 0 bridgehead atoms. The lowest BCUT2D eigenvalue weighted by molar-refractivity contribution is -0.384. The van der Waals surface area contributed by atoms with E-state index in [1.165, 1.54) is 36.4 Å². The fourth-order valence-corrected chi connectivity index (χ4v) is 2.21. The summed E-state index contributed by atoms with van der Waals surface area (Å²) in [6.07, 6.45) is 0. The molecule has 0 saturated carbocycles. The second kappa shape index (κ2) is 6.87. The molecular formula is C13H8Cl2FN3O2S. The summed E-state index contributed by atoms with van der Waals surface area (Å²) in [6.45, 7) is 0. The molecule has 5 nitrogen and oxygen atoms in total. The molecule has 2 rings (SSSR count). The number of nitrogens with one attached hydrogen (secondary N) is 2. The van der Waals surface area contributed by atoms with Gasteiger partial charge in [0.15, 0.2) is 5.11 Å². The minimum atomic E-state index is -0.549. The number of hydrogen-bond acceptors (Lipinski definition) is 3. The third-order valence-corrected chi connectivity index (χ3v) is 3.40. The lowest BCUT2D eigenvalue weighted by Crippen LogP contribution is -2.19. The Hall–Kier alpha value is -1.96. The van der Waals surface area contributed by atoms with Crippen molar-refractivity contribution in [3.63, 3.8) is 0 Å². The zero-order valence-electron chi connectivity index (χ0n) is 10.8. The molecule has 2 aromatic carbocycles. The molecule has 0 saturated heterocycles. The molecule has 0 unspecified atom stereocenters. The number of anilines is 2. The Morgan fingerprint density at radius 2 is 1.86 bits per heavy atom. The van der Waals surface area contributed by atoms with Crippen LogP contribution in [0.2, 0.25) is 10.0 Å². The van der Waals surface area contributed by atoms with Gasteiger partial charge in [-0.1, -0.05) is 23.2 Å². The number of nitrogens with zero attached hydrogens (tertiary/aromatic N) is 1. The third kappa shape index (κ3) is 4.03. The largest absolute Gasteiger partial charge is 0.332 e. The van der Waals surface area contributed by atoms with Gasteiger partial charge >= 0.3 is 0 Å². The summed E-state index contributed by atoms with van der Waals surface area (Å²) >= 11 is 16.7. The molecule has 0 atom stereocenters. The first kappa shape index (κ1) is 16.4. The molecule has 0 heterocycles.